The standard InChI is InChI=1S/C9H11BrN2O/c1-6(12-7(2)13)9-4-3-8(10)5-11-9/h3-6H,1-2H3,(H,12,13)/t6-/m0/s1. The molecule has 0 spiro atoms. The van der Waals surface area contributed by atoms with Crippen LogP contribution in [0.4, 0.5) is 0 Å². The van der Waals surface area contributed by atoms with Gasteiger partial charge in [-0.2, -0.15) is 0 Å². The van der Waals surface area contributed by atoms with Crippen LogP contribution < -0.4 is 5.32 Å². The molecule has 0 saturated carbocycles. The molecule has 0 fully saturated rings. The number of carbonyl (C=O) groups excluding carboxylic acids is 1. The zero-order valence-electron chi connectivity index (χ0n) is 7.54. The molecule has 1 aromatic rings. The molecule has 1 aromatic heterocycles. The van der Waals surface area contributed by atoms with Crippen LogP contribution >= 0.6 is 15.9 Å². The van der Waals surface area contributed by atoms with E-state index in [1.54, 1.807) is 6.20 Å². The van der Waals surface area contributed by atoms with Gasteiger partial charge in [-0.1, -0.05) is 0 Å². The third-order valence-electron chi connectivity index (χ3n) is 1.61. The van der Waals surface area contributed by atoms with Crippen LogP contribution in [-0.4, -0.2) is 10.9 Å². The van der Waals surface area contributed by atoms with Gasteiger partial charge in [0, 0.05) is 17.6 Å². The van der Waals surface area contributed by atoms with Gasteiger partial charge in [-0.3, -0.25) is 9.78 Å². The maximum Gasteiger partial charge on any atom is 0.217 e. The number of nitrogens with one attached hydrogen (secondary N) is 1. The van der Waals surface area contributed by atoms with E-state index >= 15 is 0 Å². The fourth-order valence-electron chi connectivity index (χ4n) is 1.02. The summed E-state index contributed by atoms with van der Waals surface area (Å²) in [6, 6.07) is 3.75. The summed E-state index contributed by atoms with van der Waals surface area (Å²) in [6.45, 7) is 3.40. The number of hydrogen-bond acceptors (Lipinski definition) is 2. The van der Waals surface area contributed by atoms with Gasteiger partial charge in [0.1, 0.15) is 0 Å². The predicted octanol–water partition coefficient (Wildman–Crippen LogP) is 2.04. The van der Waals surface area contributed by atoms with Gasteiger partial charge >= 0.3 is 0 Å². The normalized spacial score (nSPS) is 12.2. The van der Waals surface area contributed by atoms with E-state index < -0.39 is 0 Å². The molecule has 70 valence electrons. The maximum atomic E-state index is 10.7. The Morgan fingerprint density at radius 2 is 2.31 bits per heavy atom. The first kappa shape index (κ1) is 10.2. The van der Waals surface area contributed by atoms with Crippen LogP contribution in [0.25, 0.3) is 0 Å². The highest BCUT2D eigenvalue weighted by Gasteiger charge is 2.06. The topological polar surface area (TPSA) is 42.0 Å². The Labute approximate surface area is 85.7 Å². The number of pyridine rings is 1. The van der Waals surface area contributed by atoms with Crippen LogP contribution in [-0.2, 0) is 4.79 Å². The lowest BCUT2D eigenvalue weighted by Gasteiger charge is -2.11. The van der Waals surface area contributed by atoms with Crippen LogP contribution in [0, 0.1) is 0 Å². The monoisotopic (exact) mass is 242 g/mol. The minimum Gasteiger partial charge on any atom is -0.348 e. The average molecular weight is 243 g/mol. The maximum absolute atomic E-state index is 10.7. The first-order valence-electron chi connectivity index (χ1n) is 3.98. The molecule has 1 amide bonds. The van der Waals surface area contributed by atoms with Gasteiger partial charge in [-0.05, 0) is 35.0 Å². The van der Waals surface area contributed by atoms with Crippen molar-refractivity contribution in [1.82, 2.24) is 10.3 Å². The lowest BCUT2D eigenvalue weighted by Crippen LogP contribution is -2.24. The van der Waals surface area contributed by atoms with Crippen molar-refractivity contribution >= 4 is 21.8 Å². The largest absolute Gasteiger partial charge is 0.348 e. The number of carbonyl (C=O) groups is 1. The smallest absolute Gasteiger partial charge is 0.217 e. The Bertz CT molecular complexity index is 297. The fraction of sp³-hybridized carbons (Fsp3) is 0.333. The molecule has 0 aliphatic heterocycles. The van der Waals surface area contributed by atoms with Crippen molar-refractivity contribution in [2.75, 3.05) is 0 Å². The Balaban J connectivity index is 2.71. The summed E-state index contributed by atoms with van der Waals surface area (Å²) >= 11 is 3.30. The summed E-state index contributed by atoms with van der Waals surface area (Å²) in [5.74, 6) is -0.0442. The highest BCUT2D eigenvalue weighted by molar-refractivity contribution is 9.10. The minimum absolute atomic E-state index is 0.0365. The molecule has 1 rings (SSSR count). The first-order valence-corrected chi connectivity index (χ1v) is 4.77. The van der Waals surface area contributed by atoms with Gasteiger partial charge in [-0.25, -0.2) is 0 Å². The van der Waals surface area contributed by atoms with E-state index in [-0.39, 0.29) is 11.9 Å². The number of hydrogen-bond donors (Lipinski definition) is 1. The highest BCUT2D eigenvalue weighted by Crippen LogP contribution is 2.12. The Hall–Kier alpha value is -0.900. The number of halogens is 1. The molecule has 0 saturated heterocycles. The van der Waals surface area contributed by atoms with E-state index in [2.05, 4.69) is 26.2 Å². The van der Waals surface area contributed by atoms with E-state index in [0.29, 0.717) is 0 Å². The Morgan fingerprint density at radius 1 is 1.62 bits per heavy atom. The molecule has 4 heteroatoms. The van der Waals surface area contributed by atoms with Crippen molar-refractivity contribution in [3.63, 3.8) is 0 Å². The summed E-state index contributed by atoms with van der Waals surface area (Å²) in [5, 5.41) is 2.76. The lowest BCUT2D eigenvalue weighted by atomic mass is 10.2. The molecule has 1 heterocycles. The van der Waals surface area contributed by atoms with Crippen molar-refractivity contribution in [3.05, 3.63) is 28.5 Å². The molecule has 0 aliphatic rings. The van der Waals surface area contributed by atoms with Crippen LogP contribution in [0.15, 0.2) is 22.8 Å². The van der Waals surface area contributed by atoms with E-state index in [4.69, 9.17) is 0 Å². The summed E-state index contributed by atoms with van der Waals surface area (Å²) in [6.07, 6.45) is 1.72. The molecule has 3 nitrogen and oxygen atoms in total. The van der Waals surface area contributed by atoms with Crippen LogP contribution in [0.2, 0.25) is 0 Å². The van der Waals surface area contributed by atoms with Gasteiger partial charge in [0.15, 0.2) is 0 Å². The van der Waals surface area contributed by atoms with E-state index in [9.17, 15) is 4.79 Å². The van der Waals surface area contributed by atoms with E-state index in [0.717, 1.165) is 10.2 Å². The van der Waals surface area contributed by atoms with Crippen LogP contribution in [0.3, 0.4) is 0 Å². The Morgan fingerprint density at radius 3 is 2.77 bits per heavy atom. The molecule has 0 aliphatic carbocycles. The molecular formula is C9H11BrN2O. The van der Waals surface area contributed by atoms with Crippen molar-refractivity contribution in [3.8, 4) is 0 Å². The Kier molecular flexibility index (Phi) is 3.42. The SMILES string of the molecule is CC(=O)N[C@@H](C)c1ccc(Br)cn1. The van der Waals surface area contributed by atoms with Gasteiger partial charge in [0.05, 0.1) is 11.7 Å². The first-order chi connectivity index (χ1) is 6.09. The summed E-state index contributed by atoms with van der Waals surface area (Å²) in [5.41, 5.74) is 0.860. The van der Waals surface area contributed by atoms with Crippen LogP contribution in [0.5, 0.6) is 0 Å². The zero-order chi connectivity index (χ0) is 9.84. The van der Waals surface area contributed by atoms with Gasteiger partial charge in [0.2, 0.25) is 5.91 Å². The summed E-state index contributed by atoms with van der Waals surface area (Å²) in [7, 11) is 0. The quantitative estimate of drug-likeness (QED) is 0.863. The second-order valence-electron chi connectivity index (χ2n) is 2.82. The van der Waals surface area contributed by atoms with Crippen LogP contribution in [0.1, 0.15) is 25.6 Å². The van der Waals surface area contributed by atoms with Crippen molar-refractivity contribution < 1.29 is 4.79 Å². The third-order valence-corrected chi connectivity index (χ3v) is 2.08. The zero-order valence-corrected chi connectivity index (χ0v) is 9.13. The third kappa shape index (κ3) is 3.14. The molecule has 0 aromatic carbocycles. The number of nitrogens with zero attached hydrogens (tertiary/aromatic N) is 1. The number of rotatable bonds is 2. The molecular weight excluding hydrogens is 232 g/mol. The summed E-state index contributed by atoms with van der Waals surface area (Å²) < 4.78 is 0.936. The summed E-state index contributed by atoms with van der Waals surface area (Å²) in [4.78, 5) is 14.9. The number of aromatic nitrogens is 1. The second kappa shape index (κ2) is 4.37. The predicted molar refractivity (Wildman–Crippen MR) is 54.2 cm³/mol. The van der Waals surface area contributed by atoms with E-state index in [1.165, 1.54) is 6.92 Å². The lowest BCUT2D eigenvalue weighted by molar-refractivity contribution is -0.119. The molecule has 0 unspecified atom stereocenters. The van der Waals surface area contributed by atoms with Gasteiger partial charge in [0.25, 0.3) is 0 Å². The molecule has 1 N–H and O–H groups in total. The fourth-order valence-corrected chi connectivity index (χ4v) is 1.26. The average Bonchev–Trinajstić information content (AvgIpc) is 2.04. The highest BCUT2D eigenvalue weighted by atomic mass is 79.9. The van der Waals surface area contributed by atoms with E-state index in [1.807, 2.05) is 19.1 Å². The molecule has 13 heavy (non-hydrogen) atoms. The van der Waals surface area contributed by atoms with Crippen molar-refractivity contribution in [1.29, 1.82) is 0 Å². The molecule has 0 bridgehead atoms. The molecule has 1 atom stereocenters. The van der Waals surface area contributed by atoms with Crippen molar-refractivity contribution in [2.45, 2.75) is 19.9 Å². The van der Waals surface area contributed by atoms with Gasteiger partial charge in [-0.15, -0.1) is 0 Å². The second-order valence-corrected chi connectivity index (χ2v) is 3.74. The van der Waals surface area contributed by atoms with Crippen molar-refractivity contribution in [2.24, 2.45) is 0 Å². The molecule has 0 radical (unpaired) electrons. The van der Waals surface area contributed by atoms with Gasteiger partial charge < -0.3 is 5.32 Å². The number of amides is 1. The minimum atomic E-state index is -0.0442.